The molecule has 0 saturated heterocycles. The molecule has 0 bridgehead atoms. The Kier molecular flexibility index (Phi) is 8.31. The van der Waals surface area contributed by atoms with Crippen LogP contribution < -0.4 is 0 Å². The average Bonchev–Trinajstić information content (AvgIpc) is 2.44. The van der Waals surface area contributed by atoms with E-state index in [9.17, 15) is 19.2 Å². The van der Waals surface area contributed by atoms with E-state index in [-0.39, 0.29) is 24.8 Å². The van der Waals surface area contributed by atoms with Crippen LogP contribution in [0.1, 0.15) is 39.0 Å². The van der Waals surface area contributed by atoms with Crippen molar-refractivity contribution >= 4 is 23.9 Å². The Bertz CT molecular complexity index is 516. The van der Waals surface area contributed by atoms with E-state index in [1.807, 2.05) is 0 Å². The zero-order valence-corrected chi connectivity index (χ0v) is 12.7. The number of hydrogen-bond acceptors (Lipinski definition) is 4. The molecule has 23 heavy (non-hydrogen) atoms. The second-order valence-electron chi connectivity index (χ2n) is 5.25. The molecule has 0 radical (unpaired) electrons. The van der Waals surface area contributed by atoms with Crippen molar-refractivity contribution in [3.63, 3.8) is 0 Å². The van der Waals surface area contributed by atoms with Crippen LogP contribution in [0, 0.1) is 5.41 Å². The van der Waals surface area contributed by atoms with Crippen LogP contribution in [0.4, 0.5) is 0 Å². The van der Waals surface area contributed by atoms with Gasteiger partial charge < -0.3 is 20.4 Å². The van der Waals surface area contributed by atoms with E-state index in [0.717, 1.165) is 0 Å². The summed E-state index contributed by atoms with van der Waals surface area (Å²) in [7, 11) is 0. The van der Waals surface area contributed by atoms with Crippen molar-refractivity contribution < 1.29 is 39.6 Å². The van der Waals surface area contributed by atoms with Gasteiger partial charge in [0.1, 0.15) is 0 Å². The third-order valence-corrected chi connectivity index (χ3v) is 3.11. The Balaban J connectivity index is 0.000000438. The maximum atomic E-state index is 10.8. The average molecular weight is 328 g/mol. The molecule has 0 spiro atoms. The van der Waals surface area contributed by atoms with Gasteiger partial charge >= 0.3 is 23.9 Å². The van der Waals surface area contributed by atoms with E-state index < -0.39 is 29.3 Å². The van der Waals surface area contributed by atoms with Gasteiger partial charge in [-0.05, 0) is 26.2 Å². The lowest BCUT2D eigenvalue weighted by molar-refractivity contribution is -0.145. The molecule has 0 aliphatic heterocycles. The highest BCUT2D eigenvalue weighted by molar-refractivity contribution is 5.90. The molecular weight excluding hydrogens is 308 g/mol. The monoisotopic (exact) mass is 328 g/mol. The van der Waals surface area contributed by atoms with Crippen LogP contribution in [0.5, 0.6) is 0 Å². The first-order chi connectivity index (χ1) is 10.6. The van der Waals surface area contributed by atoms with E-state index >= 15 is 0 Å². The van der Waals surface area contributed by atoms with Gasteiger partial charge in [-0.1, -0.05) is 18.2 Å². The summed E-state index contributed by atoms with van der Waals surface area (Å²) in [5.74, 6) is -3.80. The standard InChI is InChI=1S/C9H10O4.C6H10O4/c1-9(8(12)13)4-2-3-6(5-9)7(10)11;7-5(8)3-1-2-4-6(9)10/h2-4H,5H2,1H3,(H,10,11)(H,12,13);1-4H2,(H,7,8)(H,9,10). The van der Waals surface area contributed by atoms with Gasteiger partial charge in [0.2, 0.25) is 0 Å². The maximum Gasteiger partial charge on any atom is 0.331 e. The Morgan fingerprint density at radius 3 is 1.83 bits per heavy atom. The van der Waals surface area contributed by atoms with Crippen LogP contribution in [0.15, 0.2) is 23.8 Å². The van der Waals surface area contributed by atoms with Crippen LogP contribution in [0.2, 0.25) is 0 Å². The summed E-state index contributed by atoms with van der Waals surface area (Å²) < 4.78 is 0. The van der Waals surface area contributed by atoms with E-state index in [1.54, 1.807) is 0 Å². The predicted octanol–water partition coefficient (Wildman–Crippen LogP) is 1.76. The number of carboxylic acid groups (broad SMARTS) is 4. The SMILES string of the molecule is CC1(C(=O)O)C=CC=C(C(=O)O)C1.O=C(O)CCCCC(=O)O. The zero-order chi connectivity index (χ0) is 18.0. The van der Waals surface area contributed by atoms with Crippen LogP contribution in [-0.4, -0.2) is 44.3 Å². The van der Waals surface area contributed by atoms with E-state index in [1.165, 1.54) is 25.2 Å². The topological polar surface area (TPSA) is 149 Å². The quantitative estimate of drug-likeness (QED) is 0.516. The fourth-order valence-electron chi connectivity index (χ4n) is 1.74. The van der Waals surface area contributed by atoms with Crippen LogP contribution in [0.3, 0.4) is 0 Å². The van der Waals surface area contributed by atoms with Crippen molar-refractivity contribution in [2.75, 3.05) is 0 Å². The molecule has 8 heteroatoms. The highest BCUT2D eigenvalue weighted by Crippen LogP contribution is 2.31. The number of aliphatic carboxylic acids is 4. The van der Waals surface area contributed by atoms with Crippen molar-refractivity contribution in [2.24, 2.45) is 5.41 Å². The van der Waals surface area contributed by atoms with Crippen molar-refractivity contribution in [3.8, 4) is 0 Å². The molecular formula is C15H20O8. The normalized spacial score (nSPS) is 19.1. The highest BCUT2D eigenvalue weighted by atomic mass is 16.4. The van der Waals surface area contributed by atoms with Gasteiger partial charge in [0.15, 0.2) is 0 Å². The summed E-state index contributed by atoms with van der Waals surface area (Å²) in [5, 5.41) is 33.7. The molecule has 0 aromatic carbocycles. The lowest BCUT2D eigenvalue weighted by Crippen LogP contribution is -2.28. The minimum absolute atomic E-state index is 0.0359. The Morgan fingerprint density at radius 2 is 1.48 bits per heavy atom. The number of hydrogen-bond donors (Lipinski definition) is 4. The maximum absolute atomic E-state index is 10.8. The van der Waals surface area contributed by atoms with E-state index in [4.69, 9.17) is 20.4 Å². The predicted molar refractivity (Wildman–Crippen MR) is 79.0 cm³/mol. The fourth-order valence-corrected chi connectivity index (χ4v) is 1.74. The van der Waals surface area contributed by atoms with E-state index in [2.05, 4.69) is 0 Å². The van der Waals surface area contributed by atoms with Gasteiger partial charge in [0.05, 0.1) is 5.41 Å². The van der Waals surface area contributed by atoms with Gasteiger partial charge in [-0.3, -0.25) is 14.4 Å². The van der Waals surface area contributed by atoms with Crippen LogP contribution in [-0.2, 0) is 19.2 Å². The smallest absolute Gasteiger partial charge is 0.331 e. The van der Waals surface area contributed by atoms with E-state index in [0.29, 0.717) is 12.8 Å². The minimum atomic E-state index is -1.08. The molecule has 1 atom stereocenters. The first-order valence-corrected chi connectivity index (χ1v) is 6.87. The highest BCUT2D eigenvalue weighted by Gasteiger charge is 2.34. The summed E-state index contributed by atoms with van der Waals surface area (Å²) in [6.45, 7) is 1.50. The molecule has 0 heterocycles. The molecule has 128 valence electrons. The number of unbranched alkanes of at least 4 members (excludes halogenated alkanes) is 1. The van der Waals surface area contributed by atoms with Crippen molar-refractivity contribution in [1.29, 1.82) is 0 Å². The molecule has 1 unspecified atom stereocenters. The van der Waals surface area contributed by atoms with Gasteiger partial charge in [-0.2, -0.15) is 0 Å². The minimum Gasteiger partial charge on any atom is -0.481 e. The molecule has 1 rings (SSSR count). The summed E-state index contributed by atoms with van der Waals surface area (Å²) in [4.78, 5) is 41.1. The lowest BCUT2D eigenvalue weighted by Gasteiger charge is -2.23. The summed E-state index contributed by atoms with van der Waals surface area (Å²) >= 11 is 0. The molecule has 0 amide bonds. The van der Waals surface area contributed by atoms with Gasteiger partial charge in [-0.25, -0.2) is 4.79 Å². The van der Waals surface area contributed by atoms with Crippen LogP contribution in [0.25, 0.3) is 0 Å². The fraction of sp³-hybridized carbons (Fsp3) is 0.467. The molecule has 4 N–H and O–H groups in total. The van der Waals surface area contributed by atoms with Gasteiger partial charge in [0.25, 0.3) is 0 Å². The largest absolute Gasteiger partial charge is 0.481 e. The molecule has 0 aromatic heterocycles. The number of allylic oxidation sites excluding steroid dienone is 2. The first-order valence-electron chi connectivity index (χ1n) is 6.87. The number of rotatable bonds is 7. The molecule has 8 nitrogen and oxygen atoms in total. The molecule has 0 aromatic rings. The molecule has 1 aliphatic rings. The summed E-state index contributed by atoms with van der Waals surface area (Å²) in [6, 6.07) is 0. The number of carboxylic acids is 4. The van der Waals surface area contributed by atoms with Crippen molar-refractivity contribution in [1.82, 2.24) is 0 Å². The third kappa shape index (κ3) is 8.40. The Labute approximate surface area is 132 Å². The second kappa shape index (κ2) is 9.39. The molecule has 0 saturated carbocycles. The summed E-state index contributed by atoms with van der Waals surface area (Å²) in [5.41, 5.74) is -0.949. The van der Waals surface area contributed by atoms with Gasteiger partial charge in [-0.15, -0.1) is 0 Å². The zero-order valence-electron chi connectivity index (χ0n) is 12.7. The van der Waals surface area contributed by atoms with Crippen molar-refractivity contribution in [2.45, 2.75) is 39.0 Å². The Morgan fingerprint density at radius 1 is 1.00 bits per heavy atom. The van der Waals surface area contributed by atoms with Crippen LogP contribution >= 0.6 is 0 Å². The second-order valence-corrected chi connectivity index (χ2v) is 5.25. The van der Waals surface area contributed by atoms with Crippen molar-refractivity contribution in [3.05, 3.63) is 23.8 Å². The molecule has 0 fully saturated rings. The first kappa shape index (κ1) is 20.4. The van der Waals surface area contributed by atoms with Gasteiger partial charge in [0, 0.05) is 18.4 Å². The molecule has 1 aliphatic carbocycles. The third-order valence-electron chi connectivity index (χ3n) is 3.11. The number of carbonyl (C=O) groups is 4. The lowest BCUT2D eigenvalue weighted by atomic mass is 9.80. The Hall–Kier alpha value is -2.64. The summed E-state index contributed by atoms with van der Waals surface area (Å²) in [6.07, 6.45) is 5.45.